The Morgan fingerprint density at radius 2 is 2.44 bits per heavy atom. The van der Waals surface area contributed by atoms with Crippen molar-refractivity contribution >= 4 is 17.7 Å². The molecule has 1 aromatic rings. The van der Waals surface area contributed by atoms with Crippen LogP contribution in [0, 0.1) is 6.92 Å². The van der Waals surface area contributed by atoms with Crippen molar-refractivity contribution in [3.05, 3.63) is 29.6 Å². The Balaban J connectivity index is 1.80. The van der Waals surface area contributed by atoms with Crippen LogP contribution in [0.1, 0.15) is 22.5 Å². The highest BCUT2D eigenvalue weighted by Gasteiger charge is 2.41. The van der Waals surface area contributed by atoms with Crippen molar-refractivity contribution in [3.63, 3.8) is 0 Å². The molecule has 2 aliphatic heterocycles. The van der Waals surface area contributed by atoms with E-state index in [0.717, 1.165) is 23.6 Å². The molecule has 2 aliphatic rings. The van der Waals surface area contributed by atoms with Crippen LogP contribution in [0.15, 0.2) is 18.3 Å². The summed E-state index contributed by atoms with van der Waals surface area (Å²) in [4.78, 5) is 18.4. The van der Waals surface area contributed by atoms with Gasteiger partial charge in [0.15, 0.2) is 0 Å². The summed E-state index contributed by atoms with van der Waals surface area (Å²) in [6.45, 7) is 2.85. The minimum Gasteiger partial charge on any atom is -0.334 e. The second-order valence-electron chi connectivity index (χ2n) is 4.49. The first-order chi connectivity index (χ1) is 7.74. The average Bonchev–Trinajstić information content (AvgIpc) is 2.91. The number of carbonyl (C=O) groups is 1. The quantitative estimate of drug-likeness (QED) is 0.742. The largest absolute Gasteiger partial charge is 0.334 e. The predicted octanol–water partition coefficient (Wildman–Crippen LogP) is 1.72. The maximum absolute atomic E-state index is 12.2. The van der Waals surface area contributed by atoms with E-state index in [1.165, 1.54) is 6.42 Å². The van der Waals surface area contributed by atoms with Crippen LogP contribution >= 0.6 is 11.8 Å². The first-order valence-electron chi connectivity index (χ1n) is 5.59. The van der Waals surface area contributed by atoms with Crippen molar-refractivity contribution in [2.45, 2.75) is 24.6 Å². The third-order valence-corrected chi connectivity index (χ3v) is 4.71. The number of rotatable bonds is 1. The fourth-order valence-corrected chi connectivity index (χ4v) is 3.84. The van der Waals surface area contributed by atoms with Gasteiger partial charge in [-0.15, -0.1) is 0 Å². The molecule has 3 rings (SSSR count). The Labute approximate surface area is 99.2 Å². The maximum Gasteiger partial charge on any atom is 0.255 e. The second-order valence-corrected chi connectivity index (χ2v) is 5.82. The fourth-order valence-electron chi connectivity index (χ4n) is 2.41. The zero-order valence-electron chi connectivity index (χ0n) is 9.22. The lowest BCUT2D eigenvalue weighted by Gasteiger charge is -2.26. The Morgan fingerprint density at radius 3 is 3.00 bits per heavy atom. The third kappa shape index (κ3) is 1.61. The highest BCUT2D eigenvalue weighted by Crippen LogP contribution is 2.37. The minimum atomic E-state index is 0.153. The van der Waals surface area contributed by atoms with Crippen LogP contribution in [0.5, 0.6) is 0 Å². The van der Waals surface area contributed by atoms with E-state index >= 15 is 0 Å². The number of likely N-dealkylation sites (tertiary alicyclic amines) is 1. The van der Waals surface area contributed by atoms with Gasteiger partial charge in [-0.25, -0.2) is 0 Å². The highest BCUT2D eigenvalue weighted by molar-refractivity contribution is 8.00. The van der Waals surface area contributed by atoms with Gasteiger partial charge in [0, 0.05) is 35.5 Å². The van der Waals surface area contributed by atoms with Gasteiger partial charge in [-0.1, -0.05) is 0 Å². The second kappa shape index (κ2) is 3.77. The molecule has 0 aromatic carbocycles. The lowest BCUT2D eigenvalue weighted by molar-refractivity contribution is 0.0747. The molecule has 0 saturated carbocycles. The molecule has 84 valence electrons. The molecule has 0 radical (unpaired) electrons. The Bertz CT molecular complexity index is 418. The molecule has 0 aliphatic carbocycles. The Morgan fingerprint density at radius 1 is 1.56 bits per heavy atom. The van der Waals surface area contributed by atoms with Gasteiger partial charge in [0.1, 0.15) is 0 Å². The van der Waals surface area contributed by atoms with E-state index < -0.39 is 0 Å². The van der Waals surface area contributed by atoms with Crippen molar-refractivity contribution in [2.24, 2.45) is 0 Å². The van der Waals surface area contributed by atoms with E-state index in [1.54, 1.807) is 6.20 Å². The molecule has 0 spiro atoms. The first-order valence-corrected chi connectivity index (χ1v) is 6.64. The minimum absolute atomic E-state index is 0.153. The summed E-state index contributed by atoms with van der Waals surface area (Å²) in [6, 6.07) is 4.24. The average molecular weight is 234 g/mol. The topological polar surface area (TPSA) is 33.2 Å². The summed E-state index contributed by atoms with van der Waals surface area (Å²) in [5, 5.41) is 0.673. The number of hydrogen-bond donors (Lipinski definition) is 0. The number of aromatic nitrogens is 1. The summed E-state index contributed by atoms with van der Waals surface area (Å²) in [7, 11) is 0. The van der Waals surface area contributed by atoms with Gasteiger partial charge in [0.05, 0.1) is 5.56 Å². The normalized spacial score (nSPS) is 27.4. The zero-order chi connectivity index (χ0) is 11.1. The molecule has 4 heteroatoms. The van der Waals surface area contributed by atoms with E-state index in [0.29, 0.717) is 11.3 Å². The van der Waals surface area contributed by atoms with Gasteiger partial charge in [0.2, 0.25) is 0 Å². The van der Waals surface area contributed by atoms with Crippen molar-refractivity contribution < 1.29 is 4.79 Å². The lowest BCUT2D eigenvalue weighted by Crippen LogP contribution is -2.39. The van der Waals surface area contributed by atoms with Crippen molar-refractivity contribution in [1.29, 1.82) is 0 Å². The van der Waals surface area contributed by atoms with Crippen LogP contribution in [0.25, 0.3) is 0 Å². The summed E-state index contributed by atoms with van der Waals surface area (Å²) >= 11 is 2.00. The molecule has 1 aromatic heterocycles. The molecule has 0 unspecified atom stereocenters. The van der Waals surface area contributed by atoms with Crippen LogP contribution in [0.4, 0.5) is 0 Å². The van der Waals surface area contributed by atoms with Crippen LogP contribution < -0.4 is 0 Å². The van der Waals surface area contributed by atoms with Gasteiger partial charge in [-0.05, 0) is 25.5 Å². The van der Waals surface area contributed by atoms with Gasteiger partial charge in [-0.2, -0.15) is 11.8 Å². The van der Waals surface area contributed by atoms with Gasteiger partial charge in [0.25, 0.3) is 5.91 Å². The molecule has 3 heterocycles. The monoisotopic (exact) mass is 234 g/mol. The van der Waals surface area contributed by atoms with Crippen molar-refractivity contribution in [1.82, 2.24) is 9.88 Å². The van der Waals surface area contributed by atoms with E-state index in [1.807, 2.05) is 35.7 Å². The van der Waals surface area contributed by atoms with Crippen LogP contribution in [0.3, 0.4) is 0 Å². The molecule has 2 atom stereocenters. The molecule has 2 fully saturated rings. The van der Waals surface area contributed by atoms with Crippen LogP contribution in [0.2, 0.25) is 0 Å². The molecular formula is C12H14N2OS. The lowest BCUT2D eigenvalue weighted by atomic mass is 10.2. The van der Waals surface area contributed by atoms with Crippen molar-refractivity contribution in [3.8, 4) is 0 Å². The number of aryl methyl sites for hydroxylation is 1. The Hall–Kier alpha value is -1.03. The molecule has 16 heavy (non-hydrogen) atoms. The van der Waals surface area contributed by atoms with E-state index in [4.69, 9.17) is 0 Å². The number of amides is 1. The smallest absolute Gasteiger partial charge is 0.255 e. The number of hydrogen-bond acceptors (Lipinski definition) is 3. The number of nitrogens with zero attached hydrogens (tertiary/aromatic N) is 2. The molecule has 2 saturated heterocycles. The summed E-state index contributed by atoms with van der Waals surface area (Å²) < 4.78 is 0. The third-order valence-electron chi connectivity index (χ3n) is 3.32. The standard InChI is InChI=1S/C12H14N2OS/c1-8-2-3-9(5-13-8)12(15)14-6-11-4-10(14)7-16-11/h2-3,5,10-11H,4,6-7H2,1H3/t10-,11+/m0/s1. The van der Waals surface area contributed by atoms with Gasteiger partial charge < -0.3 is 4.90 Å². The van der Waals surface area contributed by atoms with E-state index in [9.17, 15) is 4.79 Å². The van der Waals surface area contributed by atoms with Gasteiger partial charge in [-0.3, -0.25) is 9.78 Å². The number of thioether (sulfide) groups is 1. The summed E-state index contributed by atoms with van der Waals surface area (Å²) in [5.41, 5.74) is 1.68. The highest BCUT2D eigenvalue weighted by atomic mass is 32.2. The molecule has 3 nitrogen and oxygen atoms in total. The molecule has 1 amide bonds. The van der Waals surface area contributed by atoms with Gasteiger partial charge >= 0.3 is 0 Å². The Kier molecular flexibility index (Phi) is 2.39. The number of carbonyl (C=O) groups excluding carboxylic acids is 1. The zero-order valence-corrected chi connectivity index (χ0v) is 10.0. The number of pyridine rings is 1. The van der Waals surface area contributed by atoms with Crippen LogP contribution in [-0.2, 0) is 0 Å². The number of fused-ring (bicyclic) bond motifs is 2. The molecular weight excluding hydrogens is 220 g/mol. The maximum atomic E-state index is 12.2. The van der Waals surface area contributed by atoms with E-state index in [2.05, 4.69) is 4.98 Å². The summed E-state index contributed by atoms with van der Waals surface area (Å²) in [6.07, 6.45) is 2.87. The van der Waals surface area contributed by atoms with E-state index in [-0.39, 0.29) is 5.91 Å². The van der Waals surface area contributed by atoms with Crippen LogP contribution in [-0.4, -0.2) is 39.4 Å². The summed E-state index contributed by atoms with van der Waals surface area (Å²) in [5.74, 6) is 1.26. The fraction of sp³-hybridized carbons (Fsp3) is 0.500. The van der Waals surface area contributed by atoms with Crippen molar-refractivity contribution in [2.75, 3.05) is 12.3 Å². The molecule has 0 N–H and O–H groups in total. The predicted molar refractivity (Wildman–Crippen MR) is 64.7 cm³/mol. The molecule has 2 bridgehead atoms. The SMILES string of the molecule is Cc1ccc(C(=O)N2C[C@H]3C[C@H]2CS3)cn1. The first kappa shape index (κ1) is 10.1.